The number of rotatable bonds is 6. The molecule has 0 saturated carbocycles. The Morgan fingerprint density at radius 1 is 0.982 bits per heavy atom. The van der Waals surface area contributed by atoms with Crippen LogP contribution < -0.4 is 10.1 Å². The SMILES string of the molecule is C=C(C)CO/N=C/c1c2c(O)c3c(O)c(C)c4c(c3c1O)C(=O)[C@@](C)(O/C=C\[C@H](OC)[C@@H](C)[C@@H](OC(C)=O)[C@H](C)[C@H](O)[C@H](C)[C@@H](O)[C@@H](C)/C=C\C=C(\C)C(=O)N2)O4. The molecule has 0 aromatic heterocycles. The highest BCUT2D eigenvalue weighted by Gasteiger charge is 2.50. The number of carbonyl (C=O) groups is 3. The topological polar surface area (TPSA) is 223 Å². The lowest BCUT2D eigenvalue weighted by molar-refractivity contribution is -0.160. The summed E-state index contributed by atoms with van der Waals surface area (Å²) in [5.74, 6) is -8.73. The molecule has 3 aliphatic heterocycles. The molecule has 15 nitrogen and oxygen atoms in total. The molecule has 310 valence electrons. The predicted molar refractivity (Wildman–Crippen MR) is 212 cm³/mol. The number of nitrogens with one attached hydrogen (secondary N) is 1. The number of hydrogen-bond acceptors (Lipinski definition) is 14. The number of fused-ring (bicyclic) bond motifs is 14. The van der Waals surface area contributed by atoms with Crippen LogP contribution >= 0.6 is 0 Å². The van der Waals surface area contributed by atoms with Crippen LogP contribution in [0.15, 0.2) is 53.4 Å². The summed E-state index contributed by atoms with van der Waals surface area (Å²) in [6.45, 7) is 17.8. The summed E-state index contributed by atoms with van der Waals surface area (Å²) in [6, 6.07) is 0. The van der Waals surface area contributed by atoms with E-state index in [0.717, 1.165) is 6.21 Å². The van der Waals surface area contributed by atoms with E-state index in [1.165, 1.54) is 53.2 Å². The van der Waals surface area contributed by atoms with E-state index in [9.17, 15) is 39.9 Å². The number of phenolic OH excluding ortho intramolecular Hbond substituents is 3. The summed E-state index contributed by atoms with van der Waals surface area (Å²) in [6.07, 6.45) is 4.43. The van der Waals surface area contributed by atoms with E-state index in [0.29, 0.717) is 5.57 Å². The molecule has 0 spiro atoms. The van der Waals surface area contributed by atoms with Crippen molar-refractivity contribution in [2.75, 3.05) is 19.0 Å². The number of hydrogen-bond donors (Lipinski definition) is 6. The number of aliphatic hydroxyl groups excluding tert-OH is 2. The lowest BCUT2D eigenvalue weighted by Gasteiger charge is -2.38. The van der Waals surface area contributed by atoms with Gasteiger partial charge in [0.15, 0.2) is 5.75 Å². The van der Waals surface area contributed by atoms with Crippen molar-refractivity contribution in [1.29, 1.82) is 0 Å². The van der Waals surface area contributed by atoms with Gasteiger partial charge in [-0.05, 0) is 32.4 Å². The number of methoxy groups -OCH3 is 1. The summed E-state index contributed by atoms with van der Waals surface area (Å²) in [4.78, 5) is 45.4. The first-order valence-electron chi connectivity index (χ1n) is 18.6. The quantitative estimate of drug-likeness (QED) is 0.0518. The molecule has 15 heteroatoms. The summed E-state index contributed by atoms with van der Waals surface area (Å²) < 4.78 is 23.4. The normalized spacial score (nSPS) is 30.6. The number of ether oxygens (including phenoxy) is 4. The van der Waals surface area contributed by atoms with Gasteiger partial charge in [0, 0.05) is 61.2 Å². The fraction of sp³-hybridized carbons (Fsp3) is 0.476. The van der Waals surface area contributed by atoms with Gasteiger partial charge in [0.25, 0.3) is 11.7 Å². The molecule has 5 bridgehead atoms. The van der Waals surface area contributed by atoms with E-state index >= 15 is 0 Å². The molecule has 57 heavy (non-hydrogen) atoms. The van der Waals surface area contributed by atoms with Gasteiger partial charge in [-0.1, -0.05) is 57.7 Å². The van der Waals surface area contributed by atoms with Crippen LogP contribution in [0.25, 0.3) is 10.8 Å². The number of nitrogens with zero attached hydrogens (tertiary/aromatic N) is 1. The van der Waals surface area contributed by atoms with Gasteiger partial charge in [-0.2, -0.15) is 0 Å². The number of ketones is 1. The average Bonchev–Trinajstić information content (AvgIpc) is 3.42. The van der Waals surface area contributed by atoms with Crippen LogP contribution in [0.5, 0.6) is 23.0 Å². The molecule has 1 amide bonds. The lowest BCUT2D eigenvalue weighted by atomic mass is 9.78. The molecule has 9 atom stereocenters. The fourth-order valence-electron chi connectivity index (χ4n) is 7.11. The number of anilines is 1. The third-order valence-electron chi connectivity index (χ3n) is 10.6. The largest absolute Gasteiger partial charge is 0.507 e. The Morgan fingerprint density at radius 3 is 2.26 bits per heavy atom. The number of allylic oxidation sites excluding steroid dienone is 2. The molecule has 2 aromatic rings. The van der Waals surface area contributed by atoms with Crippen LogP contribution in [0.4, 0.5) is 5.69 Å². The number of aromatic hydroxyl groups is 3. The van der Waals surface area contributed by atoms with Crippen molar-refractivity contribution in [2.45, 2.75) is 92.5 Å². The number of benzene rings is 2. The Balaban J connectivity index is 1.97. The highest BCUT2D eigenvalue weighted by atomic mass is 16.7. The van der Waals surface area contributed by atoms with Crippen molar-refractivity contribution < 1.29 is 63.7 Å². The van der Waals surface area contributed by atoms with Crippen molar-refractivity contribution in [3.63, 3.8) is 0 Å². The van der Waals surface area contributed by atoms with Gasteiger partial charge in [0.05, 0.1) is 53.0 Å². The minimum absolute atomic E-state index is 0.00855. The predicted octanol–water partition coefficient (Wildman–Crippen LogP) is 5.68. The van der Waals surface area contributed by atoms with Crippen LogP contribution in [0.1, 0.15) is 76.9 Å². The van der Waals surface area contributed by atoms with Crippen molar-refractivity contribution in [2.24, 2.45) is 28.8 Å². The minimum Gasteiger partial charge on any atom is -0.507 e. The maximum absolute atomic E-state index is 14.3. The molecule has 5 rings (SSSR count). The highest BCUT2D eigenvalue weighted by molar-refractivity contribution is 6.23. The fourth-order valence-corrected chi connectivity index (χ4v) is 7.11. The molecule has 0 aliphatic carbocycles. The van der Waals surface area contributed by atoms with Gasteiger partial charge in [0.1, 0.15) is 30.0 Å². The van der Waals surface area contributed by atoms with Gasteiger partial charge in [-0.25, -0.2) is 0 Å². The number of Topliss-reactive ketones (excluding diaryl/α,β-unsaturated/α-hetero) is 1. The van der Waals surface area contributed by atoms with Gasteiger partial charge >= 0.3 is 11.8 Å². The first-order chi connectivity index (χ1) is 26.7. The van der Waals surface area contributed by atoms with Crippen molar-refractivity contribution in [1.82, 2.24) is 0 Å². The Hall–Kier alpha value is -5.38. The monoisotopic (exact) mass is 794 g/mol. The molecule has 0 unspecified atom stereocenters. The minimum atomic E-state index is -2.07. The molecule has 3 aliphatic rings. The van der Waals surface area contributed by atoms with Crippen molar-refractivity contribution in [3.05, 3.63) is 65.0 Å². The molecule has 0 radical (unpaired) electrons. The second kappa shape index (κ2) is 17.8. The van der Waals surface area contributed by atoms with E-state index in [2.05, 4.69) is 17.1 Å². The Kier molecular flexibility index (Phi) is 13.9. The summed E-state index contributed by atoms with van der Waals surface area (Å²) in [5.41, 5.74) is -0.0568. The molecular formula is C42H54N2O13. The van der Waals surface area contributed by atoms with Gasteiger partial charge in [-0.15, -0.1) is 0 Å². The maximum Gasteiger partial charge on any atom is 0.312 e. The van der Waals surface area contributed by atoms with E-state index in [4.69, 9.17) is 23.8 Å². The number of amides is 1. The van der Waals surface area contributed by atoms with Crippen LogP contribution in [0.2, 0.25) is 0 Å². The number of oxime groups is 1. The zero-order valence-corrected chi connectivity index (χ0v) is 33.9. The maximum atomic E-state index is 14.3. The molecule has 3 heterocycles. The molecule has 0 fully saturated rings. The smallest absolute Gasteiger partial charge is 0.312 e. The number of carbonyl (C=O) groups excluding carboxylic acids is 3. The third-order valence-corrected chi connectivity index (χ3v) is 10.6. The van der Waals surface area contributed by atoms with Gasteiger partial charge in [0.2, 0.25) is 0 Å². The van der Waals surface area contributed by atoms with E-state index in [-0.39, 0.29) is 51.1 Å². The number of esters is 1. The third kappa shape index (κ3) is 8.95. The number of phenols is 3. The standard InChI is InChI=1S/C42H54N2O13/c1-19(2)18-55-43-17-27-32-37(50)30-29(36(27)49)31-39(25(8)35(30)48)57-42(10,40(31)51)54-16-15-28(53-11)22(5)38(56-26(9)45)24(7)34(47)23(6)33(46)20(3)13-12-14-21(4)41(52)44-32/h12-17,20,22-24,28,33-34,38,46-50H,1,18H2,2-11H3,(H,44,52)/b13-12-,16-15-,21-14-,43-17+/t20-,22+,23+,24+,28-,33-,34+,38+,42-/m0/s1. The van der Waals surface area contributed by atoms with Crippen LogP contribution in [-0.2, 0) is 28.6 Å². The first-order valence-corrected chi connectivity index (χ1v) is 18.6. The van der Waals surface area contributed by atoms with E-state index in [1.807, 2.05) is 0 Å². The van der Waals surface area contributed by atoms with E-state index < -0.39 is 88.8 Å². The Morgan fingerprint density at radius 2 is 1.65 bits per heavy atom. The van der Waals surface area contributed by atoms with Crippen LogP contribution in [-0.4, -0.2) is 93.3 Å². The molecule has 0 saturated heterocycles. The molecular weight excluding hydrogens is 740 g/mol. The van der Waals surface area contributed by atoms with Crippen molar-refractivity contribution in [3.8, 4) is 23.0 Å². The van der Waals surface area contributed by atoms with Gasteiger partial charge in [-0.3, -0.25) is 14.4 Å². The average molecular weight is 795 g/mol. The Bertz CT molecular complexity index is 2040. The summed E-state index contributed by atoms with van der Waals surface area (Å²) in [5, 5.41) is 63.6. The lowest BCUT2D eigenvalue weighted by Crippen LogP contribution is -2.46. The van der Waals surface area contributed by atoms with E-state index in [1.54, 1.807) is 46.8 Å². The van der Waals surface area contributed by atoms with Gasteiger partial charge < -0.3 is 54.6 Å². The second-order valence-electron chi connectivity index (χ2n) is 15.1. The zero-order chi connectivity index (χ0) is 42.7. The zero-order valence-electron chi connectivity index (χ0n) is 33.9. The summed E-state index contributed by atoms with van der Waals surface area (Å²) in [7, 11) is 1.42. The second-order valence-corrected chi connectivity index (χ2v) is 15.1. The van der Waals surface area contributed by atoms with Crippen LogP contribution in [0, 0.1) is 30.6 Å². The number of aliphatic hydroxyl groups is 2. The first kappa shape index (κ1) is 44.3. The Labute approximate surface area is 331 Å². The molecule has 2 aromatic carbocycles. The van der Waals surface area contributed by atoms with Crippen molar-refractivity contribution >= 4 is 40.3 Å². The summed E-state index contributed by atoms with van der Waals surface area (Å²) >= 11 is 0. The molecule has 6 N–H and O–H groups in total. The van der Waals surface area contributed by atoms with Crippen LogP contribution in [0.3, 0.4) is 0 Å². The highest BCUT2D eigenvalue weighted by Crippen LogP contribution is 2.55.